The number of methoxy groups -OCH3 is 2. The molecule has 5 heterocycles. The summed E-state index contributed by atoms with van der Waals surface area (Å²) >= 11 is 0. The molecule has 4 aromatic carbocycles. The van der Waals surface area contributed by atoms with Crippen LogP contribution in [0.25, 0.3) is 0 Å². The van der Waals surface area contributed by atoms with Crippen molar-refractivity contribution in [3.8, 4) is 12.1 Å². The van der Waals surface area contributed by atoms with Gasteiger partial charge in [0, 0.05) is 67.4 Å². The first kappa shape index (κ1) is 76.0. The number of esters is 2. The van der Waals surface area contributed by atoms with Crippen molar-refractivity contribution in [1.29, 1.82) is 10.5 Å². The quantitative estimate of drug-likeness (QED) is 0.0608. The molecule has 1 saturated heterocycles. The molecule has 6 aromatic rings. The minimum Gasteiger partial charge on any atom is -0.554 e. The molecule has 28 nitrogen and oxygen atoms in total. The molecule has 0 saturated carbocycles. The number of nitriles is 2. The predicted molar refractivity (Wildman–Crippen MR) is 332 cm³/mol. The lowest BCUT2D eigenvalue weighted by molar-refractivity contribution is -0.925. The summed E-state index contributed by atoms with van der Waals surface area (Å²) in [6, 6.07) is 20.5. The lowest BCUT2D eigenvalue weighted by Crippen LogP contribution is -2.57. The van der Waals surface area contributed by atoms with E-state index in [0.717, 1.165) is 49.0 Å². The van der Waals surface area contributed by atoms with E-state index >= 15 is 0 Å². The zero-order chi connectivity index (χ0) is 72.5. The number of ether oxygens (including phenoxy) is 2. The Labute approximate surface area is 552 Å². The van der Waals surface area contributed by atoms with Crippen LogP contribution in [0.15, 0.2) is 117 Å². The maximum atomic E-state index is 13.6. The topological polar surface area (TPSA) is 363 Å². The molecule has 0 radical (unpaired) electrons. The highest BCUT2D eigenvalue weighted by molar-refractivity contribution is 7.89. The van der Waals surface area contributed by atoms with E-state index in [9.17, 15) is 72.9 Å². The number of sulfonamides is 2. The fraction of sp³-hybridized carbons (Fsp3) is 0.377. The van der Waals surface area contributed by atoms with Gasteiger partial charge in [-0.3, -0.25) is 9.80 Å². The van der Waals surface area contributed by atoms with Gasteiger partial charge in [-0.25, -0.2) is 59.7 Å². The van der Waals surface area contributed by atoms with Crippen molar-refractivity contribution < 1.29 is 91.0 Å². The largest absolute Gasteiger partial charge is 0.554 e. The number of hydrogen-bond donors (Lipinski definition) is 2. The van der Waals surface area contributed by atoms with Gasteiger partial charge in [-0.2, -0.15) is 41.2 Å². The zero-order valence-corrected chi connectivity index (χ0v) is 55.6. The summed E-state index contributed by atoms with van der Waals surface area (Å²) in [5.41, 5.74) is -0.164. The summed E-state index contributed by atoms with van der Waals surface area (Å²) in [5, 5.41) is 48.9. The number of aromatic nitrogens is 6. The second kappa shape index (κ2) is 30.4. The summed E-state index contributed by atoms with van der Waals surface area (Å²) in [6.07, 6.45) is -7.80. The molecule has 2 N–H and O–H groups in total. The number of carbonyl (C=O) groups is 4. The van der Waals surface area contributed by atoms with Crippen LogP contribution in [0.3, 0.4) is 0 Å². The minimum absolute atomic E-state index is 0.0120. The second-order valence-corrected chi connectivity index (χ2v) is 27.6. The number of anilines is 4. The van der Waals surface area contributed by atoms with Crippen LogP contribution in [-0.2, 0) is 74.1 Å². The van der Waals surface area contributed by atoms with Crippen molar-refractivity contribution in [1.82, 2.24) is 38.1 Å². The number of carbonyl (C=O) groups excluding carboxylic acids is 4. The number of hydrogen-bond acceptors (Lipinski definition) is 20. The highest BCUT2D eigenvalue weighted by Crippen LogP contribution is 2.46. The number of likely N-dealkylation sites (N-methyl/N-ethyl adjacent to an activating group) is 1. The highest BCUT2D eigenvalue weighted by atomic mass is 32.2. The van der Waals surface area contributed by atoms with Gasteiger partial charge in [0.1, 0.15) is 25.2 Å². The summed E-state index contributed by atoms with van der Waals surface area (Å²) in [4.78, 5) is 72.8. The van der Waals surface area contributed by atoms with E-state index < -0.39 is 91.9 Å². The molecule has 0 aliphatic carbocycles. The Hall–Kier alpha value is -9.98. The molecule has 520 valence electrons. The van der Waals surface area contributed by atoms with Crippen molar-refractivity contribution in [3.63, 3.8) is 0 Å². The third-order valence-corrected chi connectivity index (χ3v) is 19.4. The Bertz CT molecular complexity index is 4460. The van der Waals surface area contributed by atoms with Gasteiger partial charge in [-0.05, 0) is 85.6 Å². The number of H-pyrrole nitrogens is 2. The van der Waals surface area contributed by atoms with Crippen LogP contribution in [-0.4, -0.2) is 183 Å². The van der Waals surface area contributed by atoms with Gasteiger partial charge >= 0.3 is 35.7 Å². The van der Waals surface area contributed by atoms with Crippen LogP contribution in [0.4, 0.5) is 49.6 Å². The van der Waals surface area contributed by atoms with Crippen molar-refractivity contribution in [3.05, 3.63) is 173 Å². The first-order chi connectivity index (χ1) is 45.3. The van der Waals surface area contributed by atoms with E-state index in [1.807, 2.05) is 21.1 Å². The van der Waals surface area contributed by atoms with E-state index in [1.165, 1.54) is 81.5 Å². The smallest absolute Gasteiger partial charge is 0.416 e. The van der Waals surface area contributed by atoms with Gasteiger partial charge in [0.2, 0.25) is 31.9 Å². The molecule has 3 aliphatic rings. The third kappa shape index (κ3) is 17.2. The molecule has 0 bridgehead atoms. The molecular weight excluding hydrogens is 1330 g/mol. The maximum Gasteiger partial charge on any atom is 0.416 e. The molecule has 0 unspecified atom stereocenters. The summed E-state index contributed by atoms with van der Waals surface area (Å²) in [6.45, 7) is 4.60. The standard InChI is InChI=1S/C30H34F3N7O5S.C29H30F3N7O5S.2CH2O2/c1-19-25(27(41)45-6)26(39-28(35-36-29(39)42)38(19)23-10-7-9-22(16-23)30(31,32)33)24-12-11-20(17-34)15-21(24)18-40(4,5)13-8-14-46(43,44)37(2)3;1-18-24(26(40)44-3)25(38-27(34-35-28(38)41)37(18)22-7-5-6-21(15-22)29(30,31)32)23-9-8-19(16-33)14-20(23)17-39(2)12-10-36(11-13-39)45(4,42)43;2*2-1-3/h7,9-12,15-16,26H,8,13-14,18H2,1-6H3;5-9,14-15,25H,10-13,17H2,1-4H3;2*1H,(H,2,3)/t26-;25-;;/m11../s1. The average Bonchev–Trinajstić information content (AvgIpc) is 1.69. The molecule has 0 spiro atoms. The third-order valence-electron chi connectivity index (χ3n) is 16.2. The number of nitrogens with zero attached hydrogens (tertiary/aromatic N) is 12. The Kier molecular flexibility index (Phi) is 23.8. The molecule has 2 aromatic heterocycles. The Morgan fingerprint density at radius 3 is 1.49 bits per heavy atom. The van der Waals surface area contributed by atoms with Gasteiger partial charge in [0.05, 0.1) is 126 Å². The minimum atomic E-state index is -4.65. The number of carboxylic acid groups (broad SMARTS) is 2. The van der Waals surface area contributed by atoms with E-state index in [0.29, 0.717) is 70.5 Å². The molecule has 1 fully saturated rings. The Balaban J connectivity index is 0.000000284. The molecule has 2 atom stereocenters. The lowest BCUT2D eigenvalue weighted by Gasteiger charge is -2.42. The van der Waals surface area contributed by atoms with Crippen LogP contribution in [0.5, 0.6) is 0 Å². The predicted octanol–water partition coefficient (Wildman–Crippen LogP) is 3.11. The van der Waals surface area contributed by atoms with Crippen molar-refractivity contribution >= 4 is 68.2 Å². The summed E-state index contributed by atoms with van der Waals surface area (Å²) in [5.74, 6) is -1.81. The summed E-state index contributed by atoms with van der Waals surface area (Å²) in [7, 11) is 4.19. The number of allylic oxidation sites excluding steroid dienone is 2. The van der Waals surface area contributed by atoms with E-state index in [-0.39, 0.29) is 75.7 Å². The first-order valence-electron chi connectivity index (χ1n) is 28.9. The number of aromatic amines is 2. The molecular formula is C61H68F6N14O14S2. The van der Waals surface area contributed by atoms with Gasteiger partial charge < -0.3 is 38.2 Å². The number of rotatable bonds is 16. The number of fused-ring (bicyclic) bond motifs is 2. The van der Waals surface area contributed by atoms with E-state index in [4.69, 9.17) is 29.3 Å². The van der Waals surface area contributed by atoms with Crippen LogP contribution < -0.4 is 31.4 Å². The monoisotopic (exact) mass is 1400 g/mol. The normalized spacial score (nSPS) is 16.4. The van der Waals surface area contributed by atoms with Gasteiger partial charge in [0.15, 0.2) is 0 Å². The fourth-order valence-corrected chi connectivity index (χ4v) is 13.2. The van der Waals surface area contributed by atoms with Crippen molar-refractivity contribution in [2.45, 2.75) is 57.8 Å². The second-order valence-electron chi connectivity index (χ2n) is 23.4. The van der Waals surface area contributed by atoms with Crippen molar-refractivity contribution in [2.24, 2.45) is 0 Å². The number of nitrogens with one attached hydrogen (secondary N) is 2. The average molecular weight is 1400 g/mol. The van der Waals surface area contributed by atoms with Gasteiger partial charge in [-0.1, -0.05) is 24.3 Å². The lowest BCUT2D eigenvalue weighted by atomic mass is 9.89. The number of benzene rings is 4. The highest BCUT2D eigenvalue weighted by Gasteiger charge is 2.45. The van der Waals surface area contributed by atoms with Crippen molar-refractivity contribution in [2.75, 3.05) is 104 Å². The number of piperazine rings is 1. The Morgan fingerprint density at radius 2 is 1.12 bits per heavy atom. The molecule has 0 amide bonds. The van der Waals surface area contributed by atoms with Crippen LogP contribution in [0, 0.1) is 22.7 Å². The number of halogens is 6. The van der Waals surface area contributed by atoms with E-state index in [1.54, 1.807) is 30.3 Å². The number of quaternary nitrogens is 2. The molecule has 3 aliphatic heterocycles. The SMILES string of the molecule is COC(=O)C1=C(C)N(c2cccc(C(F)(F)F)c2)c2n[nH]c(=O)n2[C@@H]1c1ccc(C#N)cc1C[N+](C)(C)CCCS(=O)(=O)N(C)C.COC(=O)C1=C(C)N(c2cccc(C(F)(F)F)c2)c2n[nH]c(=O)n2[C@@H]1c1ccc(C#N)cc1C[N+]1(C)CCN(S(C)(=O)=O)CC1.O=C[O-].O=C[O-]. The van der Waals surface area contributed by atoms with Gasteiger partial charge in [-0.15, -0.1) is 10.2 Å². The van der Waals surface area contributed by atoms with Crippen LogP contribution in [0.2, 0.25) is 0 Å². The molecule has 36 heteroatoms. The van der Waals surface area contributed by atoms with Crippen LogP contribution in [0.1, 0.15) is 76.9 Å². The summed E-state index contributed by atoms with van der Waals surface area (Å²) < 4.78 is 147. The maximum absolute atomic E-state index is 13.6. The van der Waals surface area contributed by atoms with Gasteiger partial charge in [0.25, 0.3) is 0 Å². The van der Waals surface area contributed by atoms with Crippen LogP contribution >= 0.6 is 0 Å². The zero-order valence-electron chi connectivity index (χ0n) is 53.9. The molecule has 9 rings (SSSR count). The van der Waals surface area contributed by atoms with E-state index in [2.05, 4.69) is 32.5 Å². The first-order valence-corrected chi connectivity index (χ1v) is 32.3. The fourth-order valence-electron chi connectivity index (χ4n) is 11.5. The molecule has 97 heavy (non-hydrogen) atoms. The Morgan fingerprint density at radius 1 is 0.722 bits per heavy atom. The number of alkyl halides is 6.